The van der Waals surface area contributed by atoms with Gasteiger partial charge < -0.3 is 10.5 Å². The van der Waals surface area contributed by atoms with Crippen molar-refractivity contribution in [2.24, 2.45) is 0 Å². The number of aryl methyl sites for hydroxylation is 1. The molecule has 1 aromatic heterocycles. The molecule has 2 rings (SSSR count). The van der Waals surface area contributed by atoms with Gasteiger partial charge in [-0.05, 0) is 24.6 Å². The van der Waals surface area contributed by atoms with Crippen LogP contribution in [0.1, 0.15) is 21.6 Å². The summed E-state index contributed by atoms with van der Waals surface area (Å²) < 4.78 is 4.77. The van der Waals surface area contributed by atoms with Crippen LogP contribution in [0.5, 0.6) is 0 Å². The Kier molecular flexibility index (Phi) is 4.57. The van der Waals surface area contributed by atoms with Crippen molar-refractivity contribution >= 4 is 23.4 Å². The normalized spacial score (nSPS) is 10.3. The summed E-state index contributed by atoms with van der Waals surface area (Å²) in [6, 6.07) is 7.19. The average Bonchev–Trinajstić information content (AvgIpc) is 2.44. The Bertz CT molecular complexity index is 632. The van der Waals surface area contributed by atoms with Gasteiger partial charge in [0.15, 0.2) is 5.16 Å². The van der Waals surface area contributed by atoms with Crippen LogP contribution in [-0.4, -0.2) is 23.0 Å². The summed E-state index contributed by atoms with van der Waals surface area (Å²) >= 11 is 1.45. The van der Waals surface area contributed by atoms with E-state index in [1.54, 1.807) is 12.3 Å². The standard InChI is InChI=1S/C14H15N3O2S/c1-9-6-7-16-14(17-9)20-8-10-4-3-5-11(15)12(10)13(18)19-2/h3-7H,8,15H2,1-2H3. The van der Waals surface area contributed by atoms with Gasteiger partial charge in [0.25, 0.3) is 0 Å². The van der Waals surface area contributed by atoms with E-state index in [0.29, 0.717) is 22.2 Å². The van der Waals surface area contributed by atoms with Gasteiger partial charge in [-0.2, -0.15) is 0 Å². The molecule has 6 heteroatoms. The summed E-state index contributed by atoms with van der Waals surface area (Å²) in [5, 5.41) is 0.670. The number of esters is 1. The molecule has 0 atom stereocenters. The van der Waals surface area contributed by atoms with Crippen LogP contribution >= 0.6 is 11.8 Å². The number of hydrogen-bond acceptors (Lipinski definition) is 6. The topological polar surface area (TPSA) is 78.1 Å². The lowest BCUT2D eigenvalue weighted by Crippen LogP contribution is -2.09. The zero-order valence-electron chi connectivity index (χ0n) is 11.3. The van der Waals surface area contributed by atoms with Crippen LogP contribution in [-0.2, 0) is 10.5 Å². The number of ether oxygens (including phenoxy) is 1. The summed E-state index contributed by atoms with van der Waals surface area (Å²) in [5.74, 6) is 0.128. The quantitative estimate of drug-likeness (QED) is 0.403. The SMILES string of the molecule is COC(=O)c1c(N)cccc1CSc1nccc(C)n1. The second-order valence-electron chi connectivity index (χ2n) is 4.14. The van der Waals surface area contributed by atoms with Crippen molar-refractivity contribution in [3.8, 4) is 0 Å². The third-order valence-corrected chi connectivity index (χ3v) is 3.61. The van der Waals surface area contributed by atoms with E-state index in [0.717, 1.165) is 11.3 Å². The molecule has 0 spiro atoms. The molecular weight excluding hydrogens is 274 g/mol. The van der Waals surface area contributed by atoms with Crippen molar-refractivity contribution in [2.75, 3.05) is 12.8 Å². The second-order valence-corrected chi connectivity index (χ2v) is 5.08. The first-order chi connectivity index (χ1) is 9.61. The Morgan fingerprint density at radius 1 is 1.40 bits per heavy atom. The second kappa shape index (κ2) is 6.38. The van der Waals surface area contributed by atoms with Gasteiger partial charge in [0.2, 0.25) is 0 Å². The highest BCUT2D eigenvalue weighted by molar-refractivity contribution is 7.98. The van der Waals surface area contributed by atoms with Gasteiger partial charge in [-0.15, -0.1) is 0 Å². The third kappa shape index (κ3) is 3.27. The van der Waals surface area contributed by atoms with Gasteiger partial charge in [-0.1, -0.05) is 23.9 Å². The Labute approximate surface area is 121 Å². The summed E-state index contributed by atoms with van der Waals surface area (Å²) in [6.45, 7) is 1.91. The van der Waals surface area contributed by atoms with Gasteiger partial charge in [0, 0.05) is 23.3 Å². The van der Waals surface area contributed by atoms with Crippen LogP contribution in [0.4, 0.5) is 5.69 Å². The number of thioether (sulfide) groups is 1. The number of nitrogen functional groups attached to an aromatic ring is 1. The molecule has 104 valence electrons. The van der Waals surface area contributed by atoms with Crippen LogP contribution in [0, 0.1) is 6.92 Å². The van der Waals surface area contributed by atoms with Gasteiger partial charge in [0.1, 0.15) is 0 Å². The summed E-state index contributed by atoms with van der Waals surface area (Å²) in [7, 11) is 1.34. The summed E-state index contributed by atoms with van der Waals surface area (Å²) in [4.78, 5) is 20.3. The van der Waals surface area contributed by atoms with Gasteiger partial charge in [0.05, 0.1) is 12.7 Å². The minimum absolute atomic E-state index is 0.412. The number of anilines is 1. The molecule has 0 saturated heterocycles. The minimum atomic E-state index is -0.427. The molecule has 0 saturated carbocycles. The molecule has 0 radical (unpaired) electrons. The average molecular weight is 289 g/mol. The zero-order chi connectivity index (χ0) is 14.5. The van der Waals surface area contributed by atoms with Gasteiger partial charge in [-0.25, -0.2) is 14.8 Å². The number of carbonyl (C=O) groups excluding carboxylic acids is 1. The largest absolute Gasteiger partial charge is 0.465 e. The third-order valence-electron chi connectivity index (χ3n) is 2.70. The monoisotopic (exact) mass is 289 g/mol. The van der Waals surface area contributed by atoms with E-state index < -0.39 is 5.97 Å². The number of methoxy groups -OCH3 is 1. The fraction of sp³-hybridized carbons (Fsp3) is 0.214. The van der Waals surface area contributed by atoms with Crippen molar-refractivity contribution in [1.29, 1.82) is 0 Å². The number of aromatic nitrogens is 2. The summed E-state index contributed by atoms with van der Waals surface area (Å²) in [5.41, 5.74) is 8.40. The number of benzene rings is 1. The van der Waals surface area contributed by atoms with Crippen LogP contribution in [0.15, 0.2) is 35.6 Å². The highest BCUT2D eigenvalue weighted by Gasteiger charge is 2.15. The molecule has 0 unspecified atom stereocenters. The Hall–Kier alpha value is -2.08. The van der Waals surface area contributed by atoms with E-state index in [4.69, 9.17) is 10.5 Å². The molecule has 0 aliphatic heterocycles. The van der Waals surface area contributed by atoms with E-state index in [9.17, 15) is 4.79 Å². The number of nitrogens with zero attached hydrogens (tertiary/aromatic N) is 2. The molecule has 0 fully saturated rings. The van der Waals surface area contributed by atoms with Gasteiger partial charge in [-0.3, -0.25) is 0 Å². The summed E-state index contributed by atoms with van der Waals surface area (Å²) in [6.07, 6.45) is 1.71. The predicted octanol–water partition coefficient (Wildman–Crippen LogP) is 2.45. The fourth-order valence-corrected chi connectivity index (χ4v) is 2.60. The van der Waals surface area contributed by atoms with Crippen molar-refractivity contribution < 1.29 is 9.53 Å². The number of hydrogen-bond donors (Lipinski definition) is 1. The lowest BCUT2D eigenvalue weighted by Gasteiger charge is -2.09. The molecule has 0 aliphatic rings. The molecule has 0 bridgehead atoms. The van der Waals surface area contributed by atoms with Crippen LogP contribution in [0.2, 0.25) is 0 Å². The number of carbonyl (C=O) groups is 1. The lowest BCUT2D eigenvalue weighted by molar-refractivity contribution is 0.0601. The van der Waals surface area contributed by atoms with Crippen LogP contribution in [0.3, 0.4) is 0 Å². The maximum atomic E-state index is 11.8. The van der Waals surface area contributed by atoms with E-state index in [2.05, 4.69) is 9.97 Å². The molecule has 20 heavy (non-hydrogen) atoms. The van der Waals surface area contributed by atoms with Crippen molar-refractivity contribution in [3.63, 3.8) is 0 Å². The highest BCUT2D eigenvalue weighted by Crippen LogP contribution is 2.25. The van der Waals surface area contributed by atoms with E-state index in [1.165, 1.54) is 18.9 Å². The van der Waals surface area contributed by atoms with Crippen molar-refractivity contribution in [1.82, 2.24) is 9.97 Å². The van der Waals surface area contributed by atoms with E-state index in [-0.39, 0.29) is 0 Å². The number of nitrogens with two attached hydrogens (primary N) is 1. The van der Waals surface area contributed by atoms with E-state index >= 15 is 0 Å². The number of rotatable bonds is 4. The van der Waals surface area contributed by atoms with Crippen LogP contribution in [0.25, 0.3) is 0 Å². The van der Waals surface area contributed by atoms with Crippen LogP contribution < -0.4 is 5.73 Å². The molecule has 5 nitrogen and oxygen atoms in total. The first-order valence-electron chi connectivity index (χ1n) is 6.00. The van der Waals surface area contributed by atoms with E-state index in [1.807, 2.05) is 25.1 Å². The smallest absolute Gasteiger partial charge is 0.340 e. The Morgan fingerprint density at radius 3 is 2.90 bits per heavy atom. The molecule has 0 amide bonds. The lowest BCUT2D eigenvalue weighted by atomic mass is 10.1. The van der Waals surface area contributed by atoms with Gasteiger partial charge >= 0.3 is 5.97 Å². The zero-order valence-corrected chi connectivity index (χ0v) is 12.1. The first kappa shape index (κ1) is 14.3. The molecule has 2 aromatic rings. The minimum Gasteiger partial charge on any atom is -0.465 e. The maximum absolute atomic E-state index is 11.8. The first-order valence-corrected chi connectivity index (χ1v) is 6.98. The predicted molar refractivity (Wildman–Crippen MR) is 78.5 cm³/mol. The molecule has 1 aromatic carbocycles. The molecular formula is C14H15N3O2S. The molecule has 0 aliphatic carbocycles. The van der Waals surface area contributed by atoms with Crippen molar-refractivity contribution in [3.05, 3.63) is 47.3 Å². The highest BCUT2D eigenvalue weighted by atomic mass is 32.2. The molecule has 2 N–H and O–H groups in total. The van der Waals surface area contributed by atoms with Crippen molar-refractivity contribution in [2.45, 2.75) is 17.8 Å². The fourth-order valence-electron chi connectivity index (χ4n) is 1.73. The molecule has 1 heterocycles. The Balaban J connectivity index is 2.21. The maximum Gasteiger partial charge on any atom is 0.340 e. The Morgan fingerprint density at radius 2 is 2.20 bits per heavy atom.